The van der Waals surface area contributed by atoms with Crippen LogP contribution in [0.5, 0.6) is 0 Å². The summed E-state index contributed by atoms with van der Waals surface area (Å²) < 4.78 is 60.9. The summed E-state index contributed by atoms with van der Waals surface area (Å²) in [5.74, 6) is -1.06. The SMILES string of the molecule is CCc1cc(C(=O)N2CCCn3cccc3C2C)nc2cc(-c3ccc(B4OC(C)(C)C(C)(C)O4)cc3F)nn12.CCc1cc(C(=O)N2CCc3sccc3C2C)nc2cc(-c3ccc(B4OC(C)(C)C(C)(C)O4)cc3F)nn12. The Morgan fingerprint density at radius 2 is 1.11 bits per heavy atom. The second kappa shape index (κ2) is 20.2. The van der Waals surface area contributed by atoms with E-state index in [1.165, 1.54) is 22.6 Å². The number of aromatic nitrogens is 7. The number of halogens is 2. The van der Waals surface area contributed by atoms with Crippen molar-refractivity contribution in [1.29, 1.82) is 0 Å². The van der Waals surface area contributed by atoms with Gasteiger partial charge in [0, 0.05) is 71.0 Å². The Morgan fingerprint density at radius 3 is 1.58 bits per heavy atom. The van der Waals surface area contributed by atoms with Crippen LogP contribution < -0.4 is 10.9 Å². The molecule has 8 aromatic rings. The van der Waals surface area contributed by atoms with Crippen molar-refractivity contribution in [1.82, 2.24) is 43.6 Å². The highest BCUT2D eigenvalue weighted by Gasteiger charge is 2.53. The lowest BCUT2D eigenvalue weighted by Gasteiger charge is -2.33. The standard InChI is InChI=1S/C30H35BFN5O3.C29H32BFN4O3S/c1-7-21-17-25(28(38)36-15-9-14-35-13-8-10-26(35)19(36)2)33-27-18-24(34-37(21)27)22-12-11-20(16-23(22)32)31-39-29(3,4)30(5,6)40-31;1-7-19-15-24(27(36)34-12-10-25-20(17(34)2)11-13-39-25)32-26-16-23(33-35(19)26)21-9-8-18(14-22(21)31)30-37-28(3,4)29(5,6)38-30/h8,10-13,16-19H,7,9,14-15H2,1-6H3;8-9,11,13-17H,7,10,12H2,1-6H3. The number of fused-ring (bicyclic) bond motifs is 4. The minimum Gasteiger partial charge on any atom is -0.399 e. The van der Waals surface area contributed by atoms with Crippen LogP contribution >= 0.6 is 11.3 Å². The largest absolute Gasteiger partial charge is 0.494 e. The molecule has 10 heterocycles. The maximum absolute atomic E-state index is 15.5. The Morgan fingerprint density at radius 1 is 0.633 bits per heavy atom. The molecule has 2 amide bonds. The van der Waals surface area contributed by atoms with E-state index in [4.69, 9.17) is 23.6 Å². The summed E-state index contributed by atoms with van der Waals surface area (Å²) in [6.45, 7) is 26.1. The molecule has 6 aromatic heterocycles. The summed E-state index contributed by atoms with van der Waals surface area (Å²) in [6, 6.07) is 23.1. The molecule has 0 spiro atoms. The van der Waals surface area contributed by atoms with Gasteiger partial charge >= 0.3 is 14.2 Å². The van der Waals surface area contributed by atoms with Crippen LogP contribution in [0.15, 0.2) is 90.4 Å². The van der Waals surface area contributed by atoms with Crippen LogP contribution in [0.1, 0.15) is 150 Å². The van der Waals surface area contributed by atoms with Crippen LogP contribution in [-0.2, 0) is 44.4 Å². The Balaban J connectivity index is 0.000000167. The van der Waals surface area contributed by atoms with Crippen molar-refractivity contribution in [2.75, 3.05) is 13.1 Å². The van der Waals surface area contributed by atoms with E-state index in [0.29, 0.717) is 82.1 Å². The number of aryl methyl sites for hydroxylation is 3. The molecule has 2 saturated heterocycles. The van der Waals surface area contributed by atoms with Gasteiger partial charge in [0.25, 0.3) is 11.8 Å². The molecule has 12 rings (SSSR count). The number of hydrogen-bond donors (Lipinski definition) is 0. The van der Waals surface area contributed by atoms with Crippen molar-refractivity contribution in [3.8, 4) is 22.5 Å². The Bertz CT molecular complexity index is 3650. The number of hydrogen-bond acceptors (Lipinski definition) is 11. The van der Waals surface area contributed by atoms with Crippen LogP contribution in [0, 0.1) is 11.6 Å². The monoisotopic (exact) mass is 1090 g/mol. The van der Waals surface area contributed by atoms with Gasteiger partial charge < -0.3 is 33.0 Å². The van der Waals surface area contributed by atoms with Crippen LogP contribution in [0.4, 0.5) is 8.78 Å². The van der Waals surface area contributed by atoms with Crippen molar-refractivity contribution < 1.29 is 37.0 Å². The van der Waals surface area contributed by atoms with Crippen molar-refractivity contribution >= 4 is 59.6 Å². The first-order chi connectivity index (χ1) is 37.5. The summed E-state index contributed by atoms with van der Waals surface area (Å²) >= 11 is 1.75. The molecule has 4 aliphatic rings. The number of benzene rings is 2. The lowest BCUT2D eigenvalue weighted by atomic mass is 9.78. The molecule has 0 saturated carbocycles. The number of amides is 2. The first-order valence-corrected chi connectivity index (χ1v) is 28.3. The Hall–Kier alpha value is -6.57. The molecule has 2 fully saturated rings. The number of thiophene rings is 1. The van der Waals surface area contributed by atoms with Crippen molar-refractivity contribution in [2.24, 2.45) is 0 Å². The van der Waals surface area contributed by atoms with E-state index in [0.717, 1.165) is 36.5 Å². The van der Waals surface area contributed by atoms with E-state index < -0.39 is 48.3 Å². The molecular formula is C59H67B2F2N9O6S. The number of carbonyl (C=O) groups is 2. The highest BCUT2D eigenvalue weighted by molar-refractivity contribution is 7.10. The molecule has 0 aliphatic carbocycles. The van der Waals surface area contributed by atoms with Gasteiger partial charge in [-0.05, 0) is 159 Å². The molecule has 15 nitrogen and oxygen atoms in total. The fraction of sp³-hybridized carbons (Fsp3) is 0.424. The molecule has 79 heavy (non-hydrogen) atoms. The molecule has 2 aromatic carbocycles. The quantitative estimate of drug-likeness (QED) is 0.135. The average Bonchev–Trinajstić information content (AvgIpc) is 4.45. The van der Waals surface area contributed by atoms with E-state index in [1.54, 1.807) is 56.8 Å². The maximum atomic E-state index is 15.5. The van der Waals surface area contributed by atoms with Crippen molar-refractivity contribution in [3.63, 3.8) is 0 Å². The van der Waals surface area contributed by atoms with E-state index >= 15 is 8.78 Å². The molecule has 0 bridgehead atoms. The molecule has 0 N–H and O–H groups in total. The van der Waals surface area contributed by atoms with Gasteiger partial charge in [-0.15, -0.1) is 11.3 Å². The molecule has 410 valence electrons. The van der Waals surface area contributed by atoms with Gasteiger partial charge in [0.05, 0.1) is 45.9 Å². The number of carbonyl (C=O) groups excluding carboxylic acids is 2. The summed E-state index contributed by atoms with van der Waals surface area (Å²) in [5, 5.41) is 11.4. The normalized spacial score (nSPS) is 20.1. The molecule has 4 aliphatic heterocycles. The third-order valence-corrected chi connectivity index (χ3v) is 18.1. The maximum Gasteiger partial charge on any atom is 0.494 e. The molecular weight excluding hydrogens is 1020 g/mol. The van der Waals surface area contributed by atoms with E-state index in [1.807, 2.05) is 97.2 Å². The highest BCUT2D eigenvalue weighted by Crippen LogP contribution is 2.39. The van der Waals surface area contributed by atoms with Crippen LogP contribution in [0.3, 0.4) is 0 Å². The first kappa shape index (κ1) is 54.4. The van der Waals surface area contributed by atoms with E-state index in [2.05, 4.69) is 57.3 Å². The lowest BCUT2D eigenvalue weighted by molar-refractivity contribution is 0.00578. The predicted molar refractivity (Wildman–Crippen MR) is 303 cm³/mol. The fourth-order valence-corrected chi connectivity index (χ4v) is 11.9. The summed E-state index contributed by atoms with van der Waals surface area (Å²) in [5.41, 5.74) is 6.57. The van der Waals surface area contributed by atoms with Gasteiger partial charge in [-0.25, -0.2) is 27.8 Å². The Labute approximate surface area is 464 Å². The van der Waals surface area contributed by atoms with E-state index in [9.17, 15) is 9.59 Å². The third kappa shape index (κ3) is 9.70. The third-order valence-electron chi connectivity index (χ3n) is 17.1. The second-order valence-electron chi connectivity index (χ2n) is 23.1. The zero-order chi connectivity index (χ0) is 56.1. The number of rotatable bonds is 8. The molecule has 0 radical (unpaired) electrons. The minimum atomic E-state index is -0.652. The predicted octanol–water partition coefficient (Wildman–Crippen LogP) is 10.0. The zero-order valence-corrected chi connectivity index (χ0v) is 47.9. The van der Waals surface area contributed by atoms with Crippen LogP contribution in [0.25, 0.3) is 33.8 Å². The number of nitrogens with zero attached hydrogens (tertiary/aromatic N) is 9. The lowest BCUT2D eigenvalue weighted by Crippen LogP contribution is -2.41. The minimum absolute atomic E-state index is 0.00679. The zero-order valence-electron chi connectivity index (χ0n) is 47.1. The van der Waals surface area contributed by atoms with Gasteiger partial charge in [0.15, 0.2) is 11.3 Å². The van der Waals surface area contributed by atoms with Crippen LogP contribution in [-0.4, -0.2) is 105 Å². The van der Waals surface area contributed by atoms with Gasteiger partial charge in [0.1, 0.15) is 23.0 Å². The average molecular weight is 1090 g/mol. The summed E-state index contributed by atoms with van der Waals surface area (Å²) in [6.07, 6.45) is 5.08. The Kier molecular flexibility index (Phi) is 13.9. The molecule has 2 atom stereocenters. The molecule has 20 heteroatoms. The van der Waals surface area contributed by atoms with Gasteiger partial charge in [0.2, 0.25) is 0 Å². The van der Waals surface area contributed by atoms with Crippen molar-refractivity contribution in [3.05, 3.63) is 141 Å². The smallest absolute Gasteiger partial charge is 0.399 e. The van der Waals surface area contributed by atoms with E-state index in [-0.39, 0.29) is 23.9 Å². The van der Waals surface area contributed by atoms with Crippen LogP contribution in [0.2, 0.25) is 0 Å². The second-order valence-corrected chi connectivity index (χ2v) is 24.1. The molecule has 2 unspecified atom stereocenters. The summed E-state index contributed by atoms with van der Waals surface area (Å²) in [4.78, 5) is 41.8. The highest BCUT2D eigenvalue weighted by atomic mass is 32.1. The van der Waals surface area contributed by atoms with Gasteiger partial charge in [-0.3, -0.25) is 9.59 Å². The van der Waals surface area contributed by atoms with Gasteiger partial charge in [-0.1, -0.05) is 38.1 Å². The topological polar surface area (TPSA) is 143 Å². The first-order valence-electron chi connectivity index (χ1n) is 27.4. The van der Waals surface area contributed by atoms with Crippen molar-refractivity contribution in [2.45, 2.75) is 150 Å². The summed E-state index contributed by atoms with van der Waals surface area (Å²) in [7, 11) is -1.30. The fourth-order valence-electron chi connectivity index (χ4n) is 10.9. The van der Waals surface area contributed by atoms with Gasteiger partial charge in [-0.2, -0.15) is 10.2 Å².